The van der Waals surface area contributed by atoms with Gasteiger partial charge >= 0.3 is 0 Å². The second-order valence-corrected chi connectivity index (χ2v) is 9.20. The van der Waals surface area contributed by atoms with E-state index in [1.54, 1.807) is 12.1 Å². The van der Waals surface area contributed by atoms with Crippen LogP contribution in [0.2, 0.25) is 0 Å². The molecule has 1 fully saturated rings. The minimum Gasteiger partial charge on any atom is -0.508 e. The van der Waals surface area contributed by atoms with Crippen LogP contribution in [0.5, 0.6) is 11.5 Å². The summed E-state index contributed by atoms with van der Waals surface area (Å²) < 4.78 is 5.95. The van der Waals surface area contributed by atoms with E-state index in [9.17, 15) is 10.0 Å². The fourth-order valence-electron chi connectivity index (χ4n) is 5.03. The molecule has 1 heterocycles. The predicted molar refractivity (Wildman–Crippen MR) is 136 cm³/mol. The molecule has 5 rings (SSSR count). The van der Waals surface area contributed by atoms with E-state index in [1.807, 2.05) is 42.5 Å². The summed E-state index contributed by atoms with van der Waals surface area (Å²) >= 11 is 0. The molecule has 6 heteroatoms. The molecule has 1 atom stereocenters. The Morgan fingerprint density at radius 2 is 1.82 bits per heavy atom. The highest BCUT2D eigenvalue weighted by Crippen LogP contribution is 2.39. The van der Waals surface area contributed by atoms with E-state index in [1.165, 1.54) is 37.9 Å². The highest BCUT2D eigenvalue weighted by Gasteiger charge is 2.23. The van der Waals surface area contributed by atoms with Crippen molar-refractivity contribution in [2.45, 2.75) is 38.1 Å². The number of aromatic hydroxyl groups is 1. The van der Waals surface area contributed by atoms with E-state index >= 15 is 0 Å². The number of anilines is 2. The van der Waals surface area contributed by atoms with Crippen LogP contribution in [0.15, 0.2) is 65.8 Å². The van der Waals surface area contributed by atoms with Gasteiger partial charge in [0.15, 0.2) is 0 Å². The number of aryl methyl sites for hydroxylation is 1. The van der Waals surface area contributed by atoms with Crippen molar-refractivity contribution >= 4 is 11.4 Å². The third-order valence-corrected chi connectivity index (χ3v) is 6.89. The molecule has 0 radical (unpaired) electrons. The third kappa shape index (κ3) is 5.07. The zero-order chi connectivity index (χ0) is 23.3. The molecule has 0 bridgehead atoms. The molecule has 2 aliphatic rings. The topological polar surface area (TPSA) is 74.2 Å². The van der Waals surface area contributed by atoms with E-state index < -0.39 is 0 Å². The van der Waals surface area contributed by atoms with E-state index in [2.05, 4.69) is 21.5 Å². The van der Waals surface area contributed by atoms with Gasteiger partial charge in [-0.2, -0.15) is 4.91 Å². The van der Waals surface area contributed by atoms with Crippen molar-refractivity contribution in [1.82, 2.24) is 4.90 Å². The van der Waals surface area contributed by atoms with Gasteiger partial charge in [-0.05, 0) is 91.9 Å². The molecule has 3 aromatic rings. The summed E-state index contributed by atoms with van der Waals surface area (Å²) in [6, 6.07) is 19.2. The highest BCUT2D eigenvalue weighted by molar-refractivity contribution is 5.82. The second-order valence-electron chi connectivity index (χ2n) is 9.20. The van der Waals surface area contributed by atoms with Crippen molar-refractivity contribution < 1.29 is 9.84 Å². The van der Waals surface area contributed by atoms with E-state index in [-0.39, 0.29) is 11.8 Å². The van der Waals surface area contributed by atoms with Crippen LogP contribution in [-0.2, 0) is 6.42 Å². The van der Waals surface area contributed by atoms with Crippen molar-refractivity contribution in [2.75, 3.05) is 31.6 Å². The van der Waals surface area contributed by atoms with Gasteiger partial charge < -0.3 is 15.2 Å². The van der Waals surface area contributed by atoms with Crippen molar-refractivity contribution in [3.05, 3.63) is 76.7 Å². The fourth-order valence-corrected chi connectivity index (χ4v) is 5.03. The van der Waals surface area contributed by atoms with E-state index in [0.717, 1.165) is 53.2 Å². The van der Waals surface area contributed by atoms with Gasteiger partial charge in [-0.1, -0.05) is 29.8 Å². The number of phenolic OH excluding ortho intramolecular Hbond substituents is 1. The van der Waals surface area contributed by atoms with Gasteiger partial charge in [-0.15, -0.1) is 0 Å². The molecule has 34 heavy (non-hydrogen) atoms. The van der Waals surface area contributed by atoms with Gasteiger partial charge in [0.2, 0.25) is 0 Å². The van der Waals surface area contributed by atoms with Crippen LogP contribution in [0, 0.1) is 4.91 Å². The summed E-state index contributed by atoms with van der Waals surface area (Å²) in [5.41, 5.74) is 5.98. The molecule has 2 N–H and O–H groups in total. The number of nitroso groups, excluding NO2 is 1. The molecule has 176 valence electrons. The van der Waals surface area contributed by atoms with Crippen LogP contribution < -0.4 is 10.1 Å². The van der Waals surface area contributed by atoms with Crippen molar-refractivity contribution in [3.8, 4) is 22.6 Å². The zero-order valence-corrected chi connectivity index (χ0v) is 19.4. The van der Waals surface area contributed by atoms with Crippen LogP contribution in [0.1, 0.15) is 42.9 Å². The number of hydrogen-bond donors (Lipinski definition) is 2. The maximum absolute atomic E-state index is 11.1. The standard InChI is InChI=1S/C28H31N3O3/c32-23-8-12-26(20-4-11-25-21(18-20)5-13-27(25)30-33)28(19-23)29-22-6-9-24(10-7-22)34-17-16-31-14-2-1-3-15-31/h4,6-12,18-19,27,29,32H,1-3,5,13-17H2. The Bertz CT molecular complexity index is 1140. The molecule has 1 unspecified atom stereocenters. The lowest BCUT2D eigenvalue weighted by Crippen LogP contribution is -2.33. The van der Waals surface area contributed by atoms with Gasteiger partial charge in [0.05, 0.1) is 5.69 Å². The Labute approximate surface area is 200 Å². The van der Waals surface area contributed by atoms with Crippen molar-refractivity contribution in [2.24, 2.45) is 5.18 Å². The highest BCUT2D eigenvalue weighted by atomic mass is 16.5. The first-order valence-electron chi connectivity index (χ1n) is 12.2. The summed E-state index contributed by atoms with van der Waals surface area (Å²) in [7, 11) is 0. The summed E-state index contributed by atoms with van der Waals surface area (Å²) in [6.07, 6.45) is 5.56. The molecule has 0 amide bonds. The van der Waals surface area contributed by atoms with Crippen LogP contribution in [0.3, 0.4) is 0 Å². The normalized spacial score (nSPS) is 17.8. The smallest absolute Gasteiger partial charge is 0.119 e. The Morgan fingerprint density at radius 3 is 2.62 bits per heavy atom. The number of likely N-dealkylation sites (tertiary alicyclic amines) is 1. The molecule has 0 saturated carbocycles. The SMILES string of the molecule is O=NC1CCc2cc(-c3ccc(O)cc3Nc3ccc(OCCN4CCCCC4)cc3)ccc21. The fraction of sp³-hybridized carbons (Fsp3) is 0.357. The minimum absolute atomic E-state index is 0.204. The lowest BCUT2D eigenvalue weighted by Gasteiger charge is -2.26. The number of nitrogens with one attached hydrogen (secondary N) is 1. The lowest BCUT2D eigenvalue weighted by molar-refractivity contribution is 0.183. The summed E-state index contributed by atoms with van der Waals surface area (Å²) in [4.78, 5) is 13.5. The summed E-state index contributed by atoms with van der Waals surface area (Å²) in [6.45, 7) is 4.02. The summed E-state index contributed by atoms with van der Waals surface area (Å²) in [5, 5.41) is 16.8. The van der Waals surface area contributed by atoms with Gasteiger partial charge in [0, 0.05) is 23.9 Å². The second kappa shape index (κ2) is 10.3. The van der Waals surface area contributed by atoms with Gasteiger partial charge in [0.1, 0.15) is 24.1 Å². The third-order valence-electron chi connectivity index (χ3n) is 6.89. The number of rotatable bonds is 8. The number of phenols is 1. The van der Waals surface area contributed by atoms with Gasteiger partial charge in [-0.25, -0.2) is 0 Å². The number of hydrogen-bond acceptors (Lipinski definition) is 6. The minimum atomic E-state index is -0.234. The van der Waals surface area contributed by atoms with Crippen LogP contribution in [-0.4, -0.2) is 36.2 Å². The number of fused-ring (bicyclic) bond motifs is 1. The largest absolute Gasteiger partial charge is 0.508 e. The zero-order valence-electron chi connectivity index (χ0n) is 19.4. The molecule has 6 nitrogen and oxygen atoms in total. The number of piperidine rings is 1. The first-order chi connectivity index (χ1) is 16.7. The number of nitrogens with zero attached hydrogens (tertiary/aromatic N) is 2. The molecule has 1 saturated heterocycles. The lowest BCUT2D eigenvalue weighted by atomic mass is 9.98. The van der Waals surface area contributed by atoms with E-state index in [0.29, 0.717) is 6.61 Å². The Balaban J connectivity index is 1.27. The average molecular weight is 458 g/mol. The Hall–Kier alpha value is -3.38. The van der Waals surface area contributed by atoms with Crippen LogP contribution in [0.25, 0.3) is 11.1 Å². The average Bonchev–Trinajstić information content (AvgIpc) is 3.28. The number of ether oxygens (including phenoxy) is 1. The van der Waals surface area contributed by atoms with Crippen molar-refractivity contribution in [3.63, 3.8) is 0 Å². The molecule has 0 spiro atoms. The molecule has 0 aromatic heterocycles. The van der Waals surface area contributed by atoms with Crippen molar-refractivity contribution in [1.29, 1.82) is 0 Å². The van der Waals surface area contributed by atoms with E-state index in [4.69, 9.17) is 4.74 Å². The first-order valence-corrected chi connectivity index (χ1v) is 12.2. The van der Waals surface area contributed by atoms with Crippen LogP contribution >= 0.6 is 0 Å². The molecule has 3 aromatic carbocycles. The maximum atomic E-state index is 11.1. The first kappa shape index (κ1) is 22.4. The predicted octanol–water partition coefficient (Wildman–Crippen LogP) is 6.42. The quantitative estimate of drug-likeness (QED) is 0.382. The summed E-state index contributed by atoms with van der Waals surface area (Å²) in [5.74, 6) is 1.06. The monoisotopic (exact) mass is 457 g/mol. The number of benzene rings is 3. The molecular weight excluding hydrogens is 426 g/mol. The Kier molecular flexibility index (Phi) is 6.77. The maximum Gasteiger partial charge on any atom is 0.119 e. The van der Waals surface area contributed by atoms with Crippen LogP contribution in [0.4, 0.5) is 11.4 Å². The molecular formula is C28H31N3O3. The van der Waals surface area contributed by atoms with Gasteiger partial charge in [-0.3, -0.25) is 4.90 Å². The molecule has 1 aliphatic carbocycles. The molecule has 1 aliphatic heterocycles. The van der Waals surface area contributed by atoms with Gasteiger partial charge in [0.25, 0.3) is 0 Å². The Morgan fingerprint density at radius 1 is 1.00 bits per heavy atom.